The van der Waals surface area contributed by atoms with Crippen molar-refractivity contribution in [3.05, 3.63) is 57.2 Å². The van der Waals surface area contributed by atoms with Gasteiger partial charge in [-0.1, -0.05) is 30.2 Å². The third-order valence-electron chi connectivity index (χ3n) is 4.55. The maximum atomic E-state index is 12.5. The summed E-state index contributed by atoms with van der Waals surface area (Å²) < 4.78 is 0. The maximum absolute atomic E-state index is 12.5. The van der Waals surface area contributed by atoms with E-state index in [1.165, 1.54) is 0 Å². The van der Waals surface area contributed by atoms with E-state index in [2.05, 4.69) is 10.7 Å². The van der Waals surface area contributed by atoms with E-state index in [1.807, 2.05) is 35.7 Å². The largest absolute Gasteiger partial charge is 0.345 e. The highest BCUT2D eigenvalue weighted by Crippen LogP contribution is 2.29. The van der Waals surface area contributed by atoms with Crippen molar-refractivity contribution in [3.8, 4) is 0 Å². The van der Waals surface area contributed by atoms with Gasteiger partial charge in [-0.15, -0.1) is 12.4 Å². The zero-order valence-electron chi connectivity index (χ0n) is 13.3. The van der Waals surface area contributed by atoms with E-state index in [4.69, 9.17) is 17.3 Å². The fraction of sp³-hybridized carbons (Fsp3) is 0.389. The number of thiophene rings is 1. The molecule has 3 nitrogen and oxygen atoms in total. The summed E-state index contributed by atoms with van der Waals surface area (Å²) in [6, 6.07) is 9.72. The average molecular weight is 385 g/mol. The second-order valence-corrected chi connectivity index (χ2v) is 7.38. The number of hydrogen-bond acceptors (Lipinski definition) is 3. The molecule has 1 amide bonds. The molecule has 0 saturated heterocycles. The highest BCUT2D eigenvalue weighted by molar-refractivity contribution is 7.08. The number of amides is 1. The van der Waals surface area contributed by atoms with E-state index in [9.17, 15) is 4.79 Å². The van der Waals surface area contributed by atoms with Gasteiger partial charge < -0.3 is 11.1 Å². The van der Waals surface area contributed by atoms with E-state index in [0.29, 0.717) is 17.4 Å². The predicted octanol–water partition coefficient (Wildman–Crippen LogP) is 4.55. The summed E-state index contributed by atoms with van der Waals surface area (Å²) in [5, 5.41) is 7.96. The van der Waals surface area contributed by atoms with Gasteiger partial charge in [0.05, 0.1) is 6.04 Å². The lowest BCUT2D eigenvalue weighted by Gasteiger charge is -2.21. The Morgan fingerprint density at radius 2 is 2.00 bits per heavy atom. The van der Waals surface area contributed by atoms with Crippen molar-refractivity contribution in [2.24, 2.45) is 11.7 Å². The Hall–Kier alpha value is -1.07. The molecule has 1 unspecified atom stereocenters. The number of hydrogen-bond donors (Lipinski definition) is 2. The Labute approximate surface area is 158 Å². The van der Waals surface area contributed by atoms with Gasteiger partial charge in [-0.25, -0.2) is 0 Å². The predicted molar refractivity (Wildman–Crippen MR) is 103 cm³/mol. The summed E-state index contributed by atoms with van der Waals surface area (Å²) in [6.07, 6.45) is 3.72. The molecule has 0 aliphatic heterocycles. The first-order valence-electron chi connectivity index (χ1n) is 7.96. The lowest BCUT2D eigenvalue weighted by molar-refractivity contribution is -0.122. The van der Waals surface area contributed by atoms with E-state index in [1.54, 1.807) is 11.3 Å². The summed E-state index contributed by atoms with van der Waals surface area (Å²) in [5.74, 6) is 0.377. The normalized spacial score (nSPS) is 21.1. The van der Waals surface area contributed by atoms with Crippen LogP contribution >= 0.6 is 35.3 Å². The van der Waals surface area contributed by atoms with Crippen molar-refractivity contribution >= 4 is 41.3 Å². The number of halogens is 2. The van der Waals surface area contributed by atoms with Crippen LogP contribution in [0.25, 0.3) is 0 Å². The molecule has 1 aliphatic carbocycles. The lowest BCUT2D eigenvalue weighted by Crippen LogP contribution is -2.34. The molecule has 0 bridgehead atoms. The molecular formula is C18H22Cl2N2OS. The molecule has 1 fully saturated rings. The van der Waals surface area contributed by atoms with Crippen LogP contribution in [-0.2, 0) is 4.79 Å². The molecule has 1 heterocycles. The quantitative estimate of drug-likeness (QED) is 0.794. The Morgan fingerprint density at radius 3 is 2.58 bits per heavy atom. The molecule has 130 valence electrons. The van der Waals surface area contributed by atoms with Crippen LogP contribution in [-0.4, -0.2) is 11.9 Å². The maximum Gasteiger partial charge on any atom is 0.221 e. The number of nitrogens with one attached hydrogen (secondary N) is 1. The zero-order valence-corrected chi connectivity index (χ0v) is 15.7. The molecule has 1 saturated carbocycles. The zero-order chi connectivity index (χ0) is 16.2. The first kappa shape index (κ1) is 19.3. The van der Waals surface area contributed by atoms with Gasteiger partial charge in [0.15, 0.2) is 0 Å². The van der Waals surface area contributed by atoms with Gasteiger partial charge >= 0.3 is 0 Å². The Bertz CT molecular complexity index is 646. The van der Waals surface area contributed by atoms with Crippen LogP contribution in [0.3, 0.4) is 0 Å². The molecule has 0 spiro atoms. The molecule has 2 aromatic rings. The fourth-order valence-electron chi connectivity index (χ4n) is 3.23. The van der Waals surface area contributed by atoms with E-state index >= 15 is 0 Å². The fourth-order valence-corrected chi connectivity index (χ4v) is 4.04. The molecule has 1 aliphatic rings. The summed E-state index contributed by atoms with van der Waals surface area (Å²) in [6.45, 7) is 0. The van der Waals surface area contributed by atoms with Crippen LogP contribution in [0.2, 0.25) is 5.02 Å². The van der Waals surface area contributed by atoms with Crippen LogP contribution in [0.1, 0.15) is 42.9 Å². The molecule has 0 radical (unpaired) electrons. The van der Waals surface area contributed by atoms with Crippen molar-refractivity contribution in [1.82, 2.24) is 5.32 Å². The first-order valence-corrected chi connectivity index (χ1v) is 9.28. The first-order chi connectivity index (χ1) is 11.1. The molecular weight excluding hydrogens is 363 g/mol. The van der Waals surface area contributed by atoms with Crippen molar-refractivity contribution in [3.63, 3.8) is 0 Å². The number of rotatable bonds is 5. The number of carbonyl (C=O) groups is 1. The van der Waals surface area contributed by atoms with Gasteiger partial charge in [0.25, 0.3) is 0 Å². The minimum absolute atomic E-state index is 0. The Morgan fingerprint density at radius 1 is 1.25 bits per heavy atom. The number of carbonyl (C=O) groups excluding carboxylic acids is 1. The van der Waals surface area contributed by atoms with Crippen LogP contribution in [0.4, 0.5) is 0 Å². The molecule has 24 heavy (non-hydrogen) atoms. The van der Waals surface area contributed by atoms with Gasteiger partial charge in [-0.05, 0) is 58.8 Å². The van der Waals surface area contributed by atoms with Crippen molar-refractivity contribution in [2.45, 2.75) is 37.8 Å². The summed E-state index contributed by atoms with van der Waals surface area (Å²) >= 11 is 7.61. The standard InChI is InChI=1S/C18H21ClN2OS.ClH/c19-15-6-4-12(5-7-15)18(14-8-9-23-11-14)21-17(22)10-13-2-1-3-16(13)20;/h4-9,11,13,16,18H,1-3,10,20H2,(H,21,22);1H/t13-,16+,18?;/m0./s1. The second kappa shape index (κ2) is 8.86. The third-order valence-corrected chi connectivity index (χ3v) is 5.50. The van der Waals surface area contributed by atoms with Crippen molar-refractivity contribution in [2.75, 3.05) is 0 Å². The molecule has 6 heteroatoms. The SMILES string of the molecule is Cl.N[C@@H]1CCC[C@H]1CC(=O)NC(c1ccc(Cl)cc1)c1ccsc1. The van der Waals surface area contributed by atoms with Crippen molar-refractivity contribution < 1.29 is 4.79 Å². The monoisotopic (exact) mass is 384 g/mol. The van der Waals surface area contributed by atoms with Gasteiger partial charge in [-0.3, -0.25) is 4.79 Å². The highest BCUT2D eigenvalue weighted by Gasteiger charge is 2.27. The summed E-state index contributed by atoms with van der Waals surface area (Å²) in [5.41, 5.74) is 8.22. The van der Waals surface area contributed by atoms with Crippen LogP contribution in [0.5, 0.6) is 0 Å². The summed E-state index contributed by atoms with van der Waals surface area (Å²) in [4.78, 5) is 12.5. The van der Waals surface area contributed by atoms with Gasteiger partial charge in [0.2, 0.25) is 5.91 Å². The highest BCUT2D eigenvalue weighted by atomic mass is 35.5. The van der Waals surface area contributed by atoms with Crippen LogP contribution in [0, 0.1) is 5.92 Å². The third kappa shape index (κ3) is 4.73. The van der Waals surface area contributed by atoms with Gasteiger partial charge in [-0.2, -0.15) is 11.3 Å². The van der Waals surface area contributed by atoms with Gasteiger partial charge in [0, 0.05) is 17.5 Å². The molecule has 1 aromatic carbocycles. The van der Waals surface area contributed by atoms with E-state index in [0.717, 1.165) is 30.4 Å². The molecule has 1 aromatic heterocycles. The van der Waals surface area contributed by atoms with Crippen LogP contribution in [0.15, 0.2) is 41.1 Å². The van der Waals surface area contributed by atoms with Gasteiger partial charge in [0.1, 0.15) is 0 Å². The van der Waals surface area contributed by atoms with E-state index < -0.39 is 0 Å². The topological polar surface area (TPSA) is 55.1 Å². The Kier molecular flexibility index (Phi) is 7.11. The molecule has 3 N–H and O–H groups in total. The molecule has 3 rings (SSSR count). The van der Waals surface area contributed by atoms with E-state index in [-0.39, 0.29) is 30.4 Å². The Balaban J connectivity index is 0.00000208. The minimum Gasteiger partial charge on any atom is -0.345 e. The smallest absolute Gasteiger partial charge is 0.221 e. The van der Waals surface area contributed by atoms with Crippen molar-refractivity contribution in [1.29, 1.82) is 0 Å². The minimum atomic E-state index is -0.136. The lowest BCUT2D eigenvalue weighted by atomic mass is 9.97. The average Bonchev–Trinajstić information content (AvgIpc) is 3.19. The second-order valence-electron chi connectivity index (χ2n) is 6.17. The summed E-state index contributed by atoms with van der Waals surface area (Å²) in [7, 11) is 0. The number of benzene rings is 1. The molecule has 3 atom stereocenters. The van der Waals surface area contributed by atoms with Crippen LogP contribution < -0.4 is 11.1 Å². The number of nitrogens with two attached hydrogens (primary N) is 1.